The number of methoxy groups -OCH3 is 1. The van der Waals surface area contributed by atoms with E-state index < -0.39 is 0 Å². The number of hydrogen-bond donors (Lipinski definition) is 3. The predicted molar refractivity (Wildman–Crippen MR) is 119 cm³/mol. The van der Waals surface area contributed by atoms with E-state index in [4.69, 9.17) is 4.74 Å². The van der Waals surface area contributed by atoms with Crippen molar-refractivity contribution in [2.45, 2.75) is 12.8 Å². The van der Waals surface area contributed by atoms with Gasteiger partial charge in [-0.25, -0.2) is 9.78 Å². The average Bonchev–Trinajstić information content (AvgIpc) is 2.78. The van der Waals surface area contributed by atoms with Gasteiger partial charge in [-0.05, 0) is 48.4 Å². The molecule has 0 radical (unpaired) electrons. The van der Waals surface area contributed by atoms with Crippen LogP contribution in [0.25, 0.3) is 0 Å². The molecule has 0 aliphatic carbocycles. The number of fused-ring (bicyclic) bond motifs is 1. The molecule has 0 unspecified atom stereocenters. The van der Waals surface area contributed by atoms with Gasteiger partial charge in [0, 0.05) is 41.2 Å². The molecule has 0 bridgehead atoms. The molecule has 1 aromatic heterocycles. The number of amides is 3. The van der Waals surface area contributed by atoms with Crippen LogP contribution in [0.1, 0.15) is 23.1 Å². The maximum absolute atomic E-state index is 12.3. The van der Waals surface area contributed by atoms with Crippen molar-refractivity contribution in [2.75, 3.05) is 23.1 Å². The Morgan fingerprint density at radius 2 is 1.74 bits per heavy atom. The Morgan fingerprint density at radius 3 is 2.55 bits per heavy atom. The predicted octanol–water partition coefficient (Wildman–Crippen LogP) is 4.02. The molecular formula is C24H20N4O3. The lowest BCUT2D eigenvalue weighted by Gasteiger charge is -2.15. The van der Waals surface area contributed by atoms with Gasteiger partial charge in [0.1, 0.15) is 11.6 Å². The summed E-state index contributed by atoms with van der Waals surface area (Å²) in [6, 6.07) is 16.0. The molecule has 1 aliphatic heterocycles. The number of pyridine rings is 1. The number of urea groups is 1. The van der Waals surface area contributed by atoms with Crippen LogP contribution in [-0.4, -0.2) is 24.0 Å². The number of carbonyl (C=O) groups excluding carboxylic acids is 2. The van der Waals surface area contributed by atoms with Crippen LogP contribution in [0, 0.1) is 11.8 Å². The van der Waals surface area contributed by atoms with Gasteiger partial charge in [-0.2, -0.15) is 0 Å². The number of anilines is 3. The van der Waals surface area contributed by atoms with Gasteiger partial charge in [0.05, 0.1) is 7.11 Å². The van der Waals surface area contributed by atoms with Gasteiger partial charge in [0.2, 0.25) is 5.91 Å². The molecule has 2 heterocycles. The zero-order valence-corrected chi connectivity index (χ0v) is 16.9. The summed E-state index contributed by atoms with van der Waals surface area (Å²) >= 11 is 0. The van der Waals surface area contributed by atoms with Gasteiger partial charge in [-0.3, -0.25) is 4.79 Å². The maximum Gasteiger partial charge on any atom is 0.323 e. The molecule has 1 aliphatic rings. The minimum Gasteiger partial charge on any atom is -0.497 e. The van der Waals surface area contributed by atoms with E-state index in [9.17, 15) is 9.59 Å². The number of rotatable bonds is 3. The van der Waals surface area contributed by atoms with E-state index in [0.717, 1.165) is 16.7 Å². The fourth-order valence-corrected chi connectivity index (χ4v) is 3.14. The van der Waals surface area contributed by atoms with Crippen LogP contribution in [0.5, 0.6) is 5.75 Å². The van der Waals surface area contributed by atoms with Crippen molar-refractivity contribution in [3.63, 3.8) is 0 Å². The summed E-state index contributed by atoms with van der Waals surface area (Å²) in [7, 11) is 1.57. The Morgan fingerprint density at radius 1 is 1.00 bits per heavy atom. The van der Waals surface area contributed by atoms with Crippen molar-refractivity contribution in [2.24, 2.45) is 0 Å². The second kappa shape index (κ2) is 9.01. The highest BCUT2D eigenvalue weighted by atomic mass is 16.5. The van der Waals surface area contributed by atoms with Crippen LogP contribution in [-0.2, 0) is 11.2 Å². The molecular weight excluding hydrogens is 392 g/mol. The first kappa shape index (κ1) is 20.0. The van der Waals surface area contributed by atoms with Crippen LogP contribution in [0.3, 0.4) is 0 Å². The van der Waals surface area contributed by atoms with E-state index in [1.165, 1.54) is 0 Å². The number of hydrogen-bond acceptors (Lipinski definition) is 4. The molecule has 154 valence electrons. The molecule has 7 nitrogen and oxygen atoms in total. The topological polar surface area (TPSA) is 92.3 Å². The van der Waals surface area contributed by atoms with Gasteiger partial charge in [-0.1, -0.05) is 24.0 Å². The van der Waals surface area contributed by atoms with E-state index in [2.05, 4.69) is 32.8 Å². The lowest BCUT2D eigenvalue weighted by molar-refractivity contribution is -0.116. The number of ether oxygens (including phenoxy) is 1. The molecule has 4 rings (SSSR count). The number of carbonyl (C=O) groups is 2. The first-order valence-corrected chi connectivity index (χ1v) is 9.72. The summed E-state index contributed by atoms with van der Waals surface area (Å²) in [5, 5.41) is 8.33. The standard InChI is InChI=1S/C24H20N4O3/c1-31-21-7-3-6-20(14-21)27-24(30)26-19-5-2-4-16(13-19)8-9-17-12-18-10-11-22(29)28-23(18)25-15-17/h2-7,12-15H,10-11H2,1H3,(H,25,28,29)(H2,26,27,30). The van der Waals surface area contributed by atoms with E-state index in [-0.39, 0.29) is 11.9 Å². The fourth-order valence-electron chi connectivity index (χ4n) is 3.14. The van der Waals surface area contributed by atoms with Crippen molar-refractivity contribution in [3.8, 4) is 17.6 Å². The summed E-state index contributed by atoms with van der Waals surface area (Å²) in [5.74, 6) is 7.43. The van der Waals surface area contributed by atoms with Crippen molar-refractivity contribution < 1.29 is 14.3 Å². The lowest BCUT2D eigenvalue weighted by Crippen LogP contribution is -2.20. The second-order valence-corrected chi connectivity index (χ2v) is 6.92. The summed E-state index contributed by atoms with van der Waals surface area (Å²) < 4.78 is 5.16. The monoisotopic (exact) mass is 412 g/mol. The van der Waals surface area contributed by atoms with Crippen LogP contribution in [0.4, 0.5) is 22.0 Å². The van der Waals surface area contributed by atoms with Crippen LogP contribution < -0.4 is 20.7 Å². The Kier molecular flexibility index (Phi) is 5.81. The third-order valence-corrected chi connectivity index (χ3v) is 4.65. The largest absolute Gasteiger partial charge is 0.497 e. The number of aromatic nitrogens is 1. The molecule has 3 N–H and O–H groups in total. The van der Waals surface area contributed by atoms with Crippen molar-refractivity contribution in [1.29, 1.82) is 0 Å². The first-order valence-electron chi connectivity index (χ1n) is 9.72. The van der Waals surface area contributed by atoms with Crippen molar-refractivity contribution in [3.05, 3.63) is 77.5 Å². The van der Waals surface area contributed by atoms with Crippen molar-refractivity contribution >= 4 is 29.1 Å². The minimum atomic E-state index is -0.362. The molecule has 31 heavy (non-hydrogen) atoms. The minimum absolute atomic E-state index is 0.0152. The maximum atomic E-state index is 12.3. The Bertz CT molecular complexity index is 1210. The molecule has 3 amide bonds. The third kappa shape index (κ3) is 5.19. The molecule has 0 atom stereocenters. The SMILES string of the molecule is COc1cccc(NC(=O)Nc2cccc(C#Cc3cnc4c(c3)CCC(=O)N4)c2)c1. The summed E-state index contributed by atoms with van der Waals surface area (Å²) in [6.45, 7) is 0. The van der Waals surface area contributed by atoms with Crippen LogP contribution in [0.15, 0.2) is 60.8 Å². The summed E-state index contributed by atoms with van der Waals surface area (Å²) in [4.78, 5) is 28.0. The highest BCUT2D eigenvalue weighted by Gasteiger charge is 2.15. The van der Waals surface area contributed by atoms with Crippen LogP contribution >= 0.6 is 0 Å². The van der Waals surface area contributed by atoms with Gasteiger partial charge in [0.15, 0.2) is 0 Å². The molecule has 0 saturated carbocycles. The number of benzene rings is 2. The molecule has 7 heteroatoms. The Balaban J connectivity index is 1.43. The molecule has 0 spiro atoms. The fraction of sp³-hybridized carbons (Fsp3) is 0.125. The zero-order valence-electron chi connectivity index (χ0n) is 16.9. The van der Waals surface area contributed by atoms with E-state index in [1.807, 2.05) is 18.2 Å². The zero-order chi connectivity index (χ0) is 21.6. The van der Waals surface area contributed by atoms with Crippen molar-refractivity contribution in [1.82, 2.24) is 4.98 Å². The third-order valence-electron chi connectivity index (χ3n) is 4.65. The lowest BCUT2D eigenvalue weighted by atomic mass is 10.0. The van der Waals surface area contributed by atoms with E-state index in [1.54, 1.807) is 49.7 Å². The Hall–Kier alpha value is -4.31. The van der Waals surface area contributed by atoms with Gasteiger partial charge in [-0.15, -0.1) is 0 Å². The number of nitrogens with one attached hydrogen (secondary N) is 3. The first-order chi connectivity index (χ1) is 15.1. The van der Waals surface area contributed by atoms with Crippen LogP contribution in [0.2, 0.25) is 0 Å². The molecule has 3 aromatic rings. The number of aryl methyl sites for hydroxylation is 1. The molecule has 0 saturated heterocycles. The smallest absolute Gasteiger partial charge is 0.323 e. The molecule has 0 fully saturated rings. The number of nitrogens with zero attached hydrogens (tertiary/aromatic N) is 1. The highest BCUT2D eigenvalue weighted by Crippen LogP contribution is 2.21. The Labute approximate surface area is 179 Å². The summed E-state index contributed by atoms with van der Waals surface area (Å²) in [5.41, 5.74) is 3.76. The molecule has 2 aromatic carbocycles. The quantitative estimate of drug-likeness (QED) is 0.567. The van der Waals surface area contributed by atoms with Gasteiger partial charge < -0.3 is 20.7 Å². The summed E-state index contributed by atoms with van der Waals surface area (Å²) in [6.07, 6.45) is 2.75. The van der Waals surface area contributed by atoms with Gasteiger partial charge >= 0.3 is 6.03 Å². The van der Waals surface area contributed by atoms with Gasteiger partial charge in [0.25, 0.3) is 0 Å². The highest BCUT2D eigenvalue weighted by molar-refractivity contribution is 6.00. The average molecular weight is 412 g/mol. The van der Waals surface area contributed by atoms with E-state index in [0.29, 0.717) is 35.8 Å². The van der Waals surface area contributed by atoms with E-state index >= 15 is 0 Å². The second-order valence-electron chi connectivity index (χ2n) is 6.92. The normalized spacial score (nSPS) is 12.0.